The van der Waals surface area contributed by atoms with Crippen molar-refractivity contribution in [3.63, 3.8) is 0 Å². The Morgan fingerprint density at radius 1 is 1.05 bits per heavy atom. The van der Waals surface area contributed by atoms with Crippen LogP contribution >= 0.6 is 23.2 Å². The SMILES string of the molecule is CN(C)C(=O)/C=C/CNCCOc1ccc(C2=C(c3cc(F)c(Cl)cc3Cl)CCCc3cc(O)ccc32)cc1. The molecule has 5 nitrogen and oxygen atoms in total. The summed E-state index contributed by atoms with van der Waals surface area (Å²) < 4.78 is 20.4. The molecule has 1 aliphatic rings. The Hall–Kier alpha value is -3.32. The number of fused-ring (bicyclic) bond motifs is 1. The van der Waals surface area contributed by atoms with Gasteiger partial charge in [0.25, 0.3) is 0 Å². The van der Waals surface area contributed by atoms with Crippen LogP contribution in [0.4, 0.5) is 4.39 Å². The van der Waals surface area contributed by atoms with Crippen molar-refractivity contribution >= 4 is 40.3 Å². The Morgan fingerprint density at radius 2 is 1.82 bits per heavy atom. The first-order valence-corrected chi connectivity index (χ1v) is 13.5. The molecule has 1 aliphatic carbocycles. The summed E-state index contributed by atoms with van der Waals surface area (Å²) in [6.07, 6.45) is 5.60. The third-order valence-corrected chi connectivity index (χ3v) is 7.12. The van der Waals surface area contributed by atoms with Crippen LogP contribution in [0.15, 0.2) is 66.7 Å². The van der Waals surface area contributed by atoms with Crippen LogP contribution in [0.1, 0.15) is 35.1 Å². The van der Waals surface area contributed by atoms with Gasteiger partial charge < -0.3 is 20.1 Å². The van der Waals surface area contributed by atoms with E-state index in [4.69, 9.17) is 27.9 Å². The van der Waals surface area contributed by atoms with Gasteiger partial charge >= 0.3 is 0 Å². The first-order valence-electron chi connectivity index (χ1n) is 12.8. The molecule has 0 atom stereocenters. The summed E-state index contributed by atoms with van der Waals surface area (Å²) in [5.41, 5.74) is 5.43. The van der Waals surface area contributed by atoms with Crippen LogP contribution in [0.5, 0.6) is 11.5 Å². The number of rotatable bonds is 9. The molecule has 8 heteroatoms. The summed E-state index contributed by atoms with van der Waals surface area (Å²) >= 11 is 12.6. The number of halogens is 3. The molecule has 3 aromatic carbocycles. The van der Waals surface area contributed by atoms with Gasteiger partial charge in [-0.15, -0.1) is 0 Å². The molecule has 0 unspecified atom stereocenters. The molecule has 39 heavy (non-hydrogen) atoms. The van der Waals surface area contributed by atoms with Gasteiger partial charge in [-0.05, 0) is 89.1 Å². The molecule has 0 spiro atoms. The highest BCUT2D eigenvalue weighted by molar-refractivity contribution is 6.36. The topological polar surface area (TPSA) is 61.8 Å². The summed E-state index contributed by atoms with van der Waals surface area (Å²) in [4.78, 5) is 13.1. The van der Waals surface area contributed by atoms with Crippen LogP contribution in [-0.2, 0) is 11.2 Å². The maximum absolute atomic E-state index is 14.5. The maximum Gasteiger partial charge on any atom is 0.245 e. The molecule has 0 saturated heterocycles. The van der Waals surface area contributed by atoms with Crippen molar-refractivity contribution in [3.8, 4) is 11.5 Å². The highest BCUT2D eigenvalue weighted by Gasteiger charge is 2.23. The normalized spacial score (nSPS) is 13.4. The Kier molecular flexibility index (Phi) is 9.68. The minimum atomic E-state index is -0.518. The largest absolute Gasteiger partial charge is 0.508 e. The first-order chi connectivity index (χ1) is 18.7. The van der Waals surface area contributed by atoms with Crippen LogP contribution in [-0.4, -0.2) is 49.7 Å². The highest BCUT2D eigenvalue weighted by atomic mass is 35.5. The van der Waals surface area contributed by atoms with Crippen molar-refractivity contribution in [1.82, 2.24) is 10.2 Å². The van der Waals surface area contributed by atoms with Crippen molar-refractivity contribution in [2.24, 2.45) is 0 Å². The fraction of sp³-hybridized carbons (Fsp3) is 0.258. The van der Waals surface area contributed by atoms with Gasteiger partial charge in [-0.1, -0.05) is 47.5 Å². The van der Waals surface area contributed by atoms with Crippen LogP contribution < -0.4 is 10.1 Å². The van der Waals surface area contributed by atoms with Gasteiger partial charge in [0.15, 0.2) is 0 Å². The second-order valence-electron chi connectivity index (χ2n) is 9.51. The van der Waals surface area contributed by atoms with E-state index in [9.17, 15) is 14.3 Å². The fourth-order valence-corrected chi connectivity index (χ4v) is 5.08. The zero-order valence-electron chi connectivity index (χ0n) is 21.9. The number of nitrogens with zero attached hydrogens (tertiary/aromatic N) is 1. The Morgan fingerprint density at radius 3 is 2.56 bits per heavy atom. The number of likely N-dealkylation sites (N-methyl/N-ethyl adjacent to an activating group) is 1. The molecular weight excluding hydrogens is 538 g/mol. The molecule has 1 amide bonds. The monoisotopic (exact) mass is 568 g/mol. The van der Waals surface area contributed by atoms with Crippen molar-refractivity contribution in [3.05, 3.63) is 105 Å². The molecule has 3 aromatic rings. The van der Waals surface area contributed by atoms with E-state index in [1.807, 2.05) is 30.3 Å². The molecule has 0 fully saturated rings. The lowest BCUT2D eigenvalue weighted by Crippen LogP contribution is -2.22. The zero-order valence-corrected chi connectivity index (χ0v) is 23.5. The van der Waals surface area contributed by atoms with Crippen molar-refractivity contribution in [1.29, 1.82) is 0 Å². The number of phenolic OH excluding ortho intramolecular Hbond substituents is 1. The number of hydrogen-bond acceptors (Lipinski definition) is 4. The third-order valence-electron chi connectivity index (χ3n) is 6.52. The second-order valence-corrected chi connectivity index (χ2v) is 10.3. The quantitative estimate of drug-likeness (QED) is 0.170. The number of aromatic hydroxyl groups is 1. The smallest absolute Gasteiger partial charge is 0.245 e. The summed E-state index contributed by atoms with van der Waals surface area (Å²) in [5, 5.41) is 13.7. The van der Waals surface area contributed by atoms with Crippen molar-refractivity contribution in [2.75, 3.05) is 33.8 Å². The van der Waals surface area contributed by atoms with Gasteiger partial charge in [-0.3, -0.25) is 4.79 Å². The number of nitrogens with one attached hydrogen (secondary N) is 1. The van der Waals surface area contributed by atoms with E-state index < -0.39 is 5.82 Å². The van der Waals surface area contributed by atoms with Crippen LogP contribution in [0.2, 0.25) is 10.0 Å². The summed E-state index contributed by atoms with van der Waals surface area (Å²) in [5.74, 6) is 0.360. The lowest BCUT2D eigenvalue weighted by Gasteiger charge is -2.18. The van der Waals surface area contributed by atoms with E-state index in [1.54, 1.807) is 32.3 Å². The van der Waals surface area contributed by atoms with E-state index in [2.05, 4.69) is 5.32 Å². The number of carbonyl (C=O) groups excluding carboxylic acids is 1. The Balaban J connectivity index is 1.56. The lowest BCUT2D eigenvalue weighted by atomic mass is 9.87. The third kappa shape index (κ3) is 7.21. The molecule has 0 heterocycles. The summed E-state index contributed by atoms with van der Waals surface area (Å²) in [6.45, 7) is 1.65. The number of benzene rings is 3. The predicted molar refractivity (Wildman–Crippen MR) is 156 cm³/mol. The van der Waals surface area contributed by atoms with Crippen molar-refractivity contribution in [2.45, 2.75) is 19.3 Å². The minimum absolute atomic E-state index is 0.0149. The zero-order chi connectivity index (χ0) is 27.9. The molecule has 0 aromatic heterocycles. The number of allylic oxidation sites excluding steroid dienone is 1. The van der Waals surface area contributed by atoms with Crippen LogP contribution in [0.3, 0.4) is 0 Å². The maximum atomic E-state index is 14.5. The second kappa shape index (κ2) is 13.2. The van der Waals surface area contributed by atoms with Gasteiger partial charge in [-0.25, -0.2) is 4.39 Å². The Bertz CT molecular complexity index is 1400. The van der Waals surface area contributed by atoms with E-state index >= 15 is 0 Å². The van der Waals surface area contributed by atoms with Crippen molar-refractivity contribution < 1.29 is 19.0 Å². The fourth-order valence-electron chi connectivity index (χ4n) is 4.58. The van der Waals surface area contributed by atoms with E-state index in [-0.39, 0.29) is 16.7 Å². The molecule has 4 rings (SSSR count). The lowest BCUT2D eigenvalue weighted by molar-refractivity contribution is -0.123. The standard InChI is InChI=1S/C31H31Cl2FN2O3/c1-36(2)30(38)7-4-14-35-15-16-39-23-11-8-20(9-12-23)31-24-13-10-22(37)17-21(24)5-3-6-25(31)26-18-29(34)28(33)19-27(26)32/h4,7-13,17-19,35,37H,3,5-6,14-16H2,1-2H3/b7-4+. The minimum Gasteiger partial charge on any atom is -0.508 e. The molecular formula is C31H31Cl2FN2O3. The number of ether oxygens (including phenoxy) is 1. The number of amides is 1. The van der Waals surface area contributed by atoms with Gasteiger partial charge in [-0.2, -0.15) is 0 Å². The van der Waals surface area contributed by atoms with E-state index in [0.717, 1.165) is 46.4 Å². The molecule has 2 N–H and O–H groups in total. The van der Waals surface area contributed by atoms with Crippen LogP contribution in [0.25, 0.3) is 11.1 Å². The molecule has 204 valence electrons. The number of phenols is 1. The van der Waals surface area contributed by atoms with E-state index in [1.165, 1.54) is 23.1 Å². The molecule has 0 radical (unpaired) electrons. The number of carbonyl (C=O) groups is 1. The van der Waals surface area contributed by atoms with Gasteiger partial charge in [0.2, 0.25) is 5.91 Å². The number of aryl methyl sites for hydroxylation is 1. The average Bonchev–Trinajstić information content (AvgIpc) is 3.09. The van der Waals surface area contributed by atoms with Gasteiger partial charge in [0.05, 0.1) is 5.02 Å². The molecule has 0 aliphatic heterocycles. The average molecular weight is 570 g/mol. The summed E-state index contributed by atoms with van der Waals surface area (Å²) in [6, 6.07) is 16.0. The summed E-state index contributed by atoms with van der Waals surface area (Å²) in [7, 11) is 3.42. The molecule has 0 bridgehead atoms. The number of hydrogen-bond donors (Lipinski definition) is 2. The molecule has 0 saturated carbocycles. The highest BCUT2D eigenvalue weighted by Crippen LogP contribution is 2.43. The van der Waals surface area contributed by atoms with Crippen LogP contribution in [0, 0.1) is 5.82 Å². The van der Waals surface area contributed by atoms with Gasteiger partial charge in [0, 0.05) is 38.3 Å². The van der Waals surface area contributed by atoms with E-state index in [0.29, 0.717) is 36.7 Å². The van der Waals surface area contributed by atoms with Gasteiger partial charge in [0.1, 0.15) is 23.9 Å². The Labute approximate surface area is 238 Å². The predicted octanol–water partition coefficient (Wildman–Crippen LogP) is 6.75. The first kappa shape index (κ1) is 28.7.